The highest BCUT2D eigenvalue weighted by Gasteiger charge is 2.25. The highest BCUT2D eigenvalue weighted by Crippen LogP contribution is 2.39. The Bertz CT molecular complexity index is 974. The van der Waals surface area contributed by atoms with Gasteiger partial charge in [-0.3, -0.25) is 10.1 Å². The fourth-order valence-electron chi connectivity index (χ4n) is 3.04. The largest absolute Gasteiger partial charge is 0.328 e. The Labute approximate surface area is 132 Å². The molecular formula is C18H13N3O2. The second-order valence-corrected chi connectivity index (χ2v) is 5.42. The summed E-state index contributed by atoms with van der Waals surface area (Å²) >= 11 is 0. The van der Waals surface area contributed by atoms with Crippen molar-refractivity contribution in [2.24, 2.45) is 4.99 Å². The van der Waals surface area contributed by atoms with E-state index in [2.05, 4.69) is 0 Å². The van der Waals surface area contributed by atoms with E-state index in [1.54, 1.807) is 18.2 Å². The molecular weight excluding hydrogens is 290 g/mol. The van der Waals surface area contributed by atoms with Crippen molar-refractivity contribution in [3.8, 4) is 0 Å². The molecule has 1 aliphatic rings. The van der Waals surface area contributed by atoms with Crippen LogP contribution >= 0.6 is 0 Å². The first-order valence-corrected chi connectivity index (χ1v) is 7.25. The van der Waals surface area contributed by atoms with Gasteiger partial charge in [0, 0.05) is 18.5 Å². The van der Waals surface area contributed by atoms with Crippen molar-refractivity contribution in [1.82, 2.24) is 0 Å². The SMILES string of the molecule is CN1C(c2ccccc2[N+](=O)[O-])=Nc2cccc3cccc1c23. The van der Waals surface area contributed by atoms with Crippen molar-refractivity contribution in [3.05, 3.63) is 76.3 Å². The molecule has 0 N–H and O–H groups in total. The summed E-state index contributed by atoms with van der Waals surface area (Å²) in [5.41, 5.74) is 2.42. The molecule has 5 heteroatoms. The third kappa shape index (κ3) is 1.97. The molecule has 0 amide bonds. The summed E-state index contributed by atoms with van der Waals surface area (Å²) in [7, 11) is 1.89. The summed E-state index contributed by atoms with van der Waals surface area (Å²) in [5, 5.41) is 13.5. The second-order valence-electron chi connectivity index (χ2n) is 5.42. The first-order chi connectivity index (χ1) is 11.2. The van der Waals surface area contributed by atoms with Gasteiger partial charge in [0.15, 0.2) is 0 Å². The Morgan fingerprint density at radius 3 is 2.52 bits per heavy atom. The van der Waals surface area contributed by atoms with E-state index in [0.717, 1.165) is 22.1 Å². The van der Waals surface area contributed by atoms with E-state index in [1.165, 1.54) is 6.07 Å². The average molecular weight is 303 g/mol. The number of nitrogens with zero attached hydrogens (tertiary/aromatic N) is 3. The van der Waals surface area contributed by atoms with Crippen LogP contribution in [0.25, 0.3) is 10.8 Å². The monoisotopic (exact) mass is 303 g/mol. The van der Waals surface area contributed by atoms with E-state index >= 15 is 0 Å². The minimum atomic E-state index is -0.368. The summed E-state index contributed by atoms with van der Waals surface area (Å²) in [5.74, 6) is 0.587. The Balaban J connectivity index is 2.01. The summed E-state index contributed by atoms with van der Waals surface area (Å²) < 4.78 is 0. The van der Waals surface area contributed by atoms with Crippen molar-refractivity contribution >= 4 is 33.7 Å². The molecule has 0 unspecified atom stereocenters. The molecule has 112 valence electrons. The van der Waals surface area contributed by atoms with Gasteiger partial charge in [0.1, 0.15) is 5.84 Å². The lowest BCUT2D eigenvalue weighted by atomic mass is 10.0. The quantitative estimate of drug-likeness (QED) is 0.524. The van der Waals surface area contributed by atoms with Crippen LogP contribution in [0.4, 0.5) is 17.1 Å². The second kappa shape index (κ2) is 4.91. The summed E-state index contributed by atoms with van der Waals surface area (Å²) in [6.07, 6.45) is 0. The Morgan fingerprint density at radius 1 is 1.00 bits per heavy atom. The Morgan fingerprint density at radius 2 is 1.74 bits per heavy atom. The maximum atomic E-state index is 11.3. The van der Waals surface area contributed by atoms with Crippen LogP contribution in [-0.2, 0) is 0 Å². The van der Waals surface area contributed by atoms with E-state index in [1.807, 2.05) is 48.3 Å². The predicted molar refractivity (Wildman–Crippen MR) is 91.6 cm³/mol. The van der Waals surface area contributed by atoms with Crippen LogP contribution in [0.15, 0.2) is 65.7 Å². The molecule has 1 aliphatic heterocycles. The Kier molecular flexibility index (Phi) is 2.87. The molecule has 23 heavy (non-hydrogen) atoms. The van der Waals surface area contributed by atoms with Crippen molar-refractivity contribution < 1.29 is 4.92 Å². The number of nitro benzene ring substituents is 1. The minimum Gasteiger partial charge on any atom is -0.328 e. The molecule has 0 bridgehead atoms. The summed E-state index contributed by atoms with van der Waals surface area (Å²) in [4.78, 5) is 17.6. The third-order valence-electron chi connectivity index (χ3n) is 4.11. The first-order valence-electron chi connectivity index (χ1n) is 7.25. The lowest BCUT2D eigenvalue weighted by Crippen LogP contribution is -2.29. The van der Waals surface area contributed by atoms with Crippen LogP contribution in [0.1, 0.15) is 5.56 Å². The van der Waals surface area contributed by atoms with Gasteiger partial charge in [-0.2, -0.15) is 0 Å². The van der Waals surface area contributed by atoms with Gasteiger partial charge in [0.05, 0.1) is 21.9 Å². The topological polar surface area (TPSA) is 58.7 Å². The van der Waals surface area contributed by atoms with Gasteiger partial charge in [-0.15, -0.1) is 0 Å². The summed E-state index contributed by atoms with van der Waals surface area (Å²) in [6.45, 7) is 0. The molecule has 0 aromatic heterocycles. The van der Waals surface area contributed by atoms with E-state index in [0.29, 0.717) is 11.4 Å². The fourth-order valence-corrected chi connectivity index (χ4v) is 3.04. The standard InChI is InChI=1S/C18H13N3O2/c1-20-16-11-5-7-12-6-4-9-14(17(12)16)19-18(20)13-8-2-3-10-15(13)21(22)23/h2-11H,1H3. The summed E-state index contributed by atoms with van der Waals surface area (Å²) in [6, 6.07) is 18.7. The first kappa shape index (κ1) is 13.5. The van der Waals surface area contributed by atoms with Crippen LogP contribution in [-0.4, -0.2) is 17.8 Å². The maximum Gasteiger partial charge on any atom is 0.280 e. The lowest BCUT2D eigenvalue weighted by molar-refractivity contribution is -0.385. The van der Waals surface area contributed by atoms with E-state index in [4.69, 9.17) is 4.99 Å². The van der Waals surface area contributed by atoms with Crippen molar-refractivity contribution in [2.75, 3.05) is 11.9 Å². The lowest BCUT2D eigenvalue weighted by Gasteiger charge is -2.27. The van der Waals surface area contributed by atoms with Crippen LogP contribution in [0.5, 0.6) is 0 Å². The van der Waals surface area contributed by atoms with Gasteiger partial charge in [-0.05, 0) is 23.6 Å². The van der Waals surface area contributed by atoms with E-state index in [9.17, 15) is 10.1 Å². The number of amidine groups is 1. The highest BCUT2D eigenvalue weighted by atomic mass is 16.6. The predicted octanol–water partition coefficient (Wildman–Crippen LogP) is 4.28. The number of rotatable bonds is 2. The zero-order valence-electron chi connectivity index (χ0n) is 12.4. The molecule has 0 atom stereocenters. The number of benzene rings is 3. The van der Waals surface area contributed by atoms with Crippen molar-refractivity contribution in [3.63, 3.8) is 0 Å². The number of aliphatic imine (C=N–C) groups is 1. The number of hydrogen-bond acceptors (Lipinski definition) is 4. The molecule has 3 aromatic carbocycles. The molecule has 3 aromatic rings. The van der Waals surface area contributed by atoms with Crippen LogP contribution in [0.2, 0.25) is 0 Å². The van der Waals surface area contributed by atoms with Gasteiger partial charge in [0.25, 0.3) is 5.69 Å². The van der Waals surface area contributed by atoms with Gasteiger partial charge in [-0.1, -0.05) is 36.4 Å². The van der Waals surface area contributed by atoms with Crippen LogP contribution < -0.4 is 4.90 Å². The van der Waals surface area contributed by atoms with Crippen molar-refractivity contribution in [1.29, 1.82) is 0 Å². The average Bonchev–Trinajstić information content (AvgIpc) is 2.58. The van der Waals surface area contributed by atoms with E-state index in [-0.39, 0.29) is 10.6 Å². The number of anilines is 1. The molecule has 1 heterocycles. The molecule has 0 saturated carbocycles. The number of nitro groups is 1. The molecule has 0 radical (unpaired) electrons. The molecule has 0 aliphatic carbocycles. The number of hydrogen-bond donors (Lipinski definition) is 0. The van der Waals surface area contributed by atoms with Crippen molar-refractivity contribution in [2.45, 2.75) is 0 Å². The molecule has 4 rings (SSSR count). The molecule has 5 nitrogen and oxygen atoms in total. The number of para-hydroxylation sites is 1. The van der Waals surface area contributed by atoms with Crippen LogP contribution in [0, 0.1) is 10.1 Å². The molecule has 0 fully saturated rings. The maximum absolute atomic E-state index is 11.3. The van der Waals surface area contributed by atoms with Gasteiger partial charge >= 0.3 is 0 Å². The molecule has 0 spiro atoms. The van der Waals surface area contributed by atoms with Gasteiger partial charge in [-0.25, -0.2) is 4.99 Å². The van der Waals surface area contributed by atoms with Gasteiger partial charge in [0.2, 0.25) is 0 Å². The zero-order chi connectivity index (χ0) is 16.0. The smallest absolute Gasteiger partial charge is 0.280 e. The Hall–Kier alpha value is -3.21. The van der Waals surface area contributed by atoms with Gasteiger partial charge < -0.3 is 4.90 Å². The fraction of sp³-hybridized carbons (Fsp3) is 0.0556. The highest BCUT2D eigenvalue weighted by molar-refractivity contribution is 6.21. The molecule has 0 saturated heterocycles. The zero-order valence-corrected chi connectivity index (χ0v) is 12.4. The van der Waals surface area contributed by atoms with E-state index < -0.39 is 0 Å². The third-order valence-corrected chi connectivity index (χ3v) is 4.11. The normalized spacial score (nSPS) is 13.1. The minimum absolute atomic E-state index is 0.0599. The van der Waals surface area contributed by atoms with Crippen LogP contribution in [0.3, 0.4) is 0 Å².